The highest BCUT2D eigenvalue weighted by atomic mass is 16.5. The van der Waals surface area contributed by atoms with Crippen LogP contribution in [0.4, 0.5) is 0 Å². The Labute approximate surface area is 110 Å². The molecule has 18 heavy (non-hydrogen) atoms. The Morgan fingerprint density at radius 2 is 2.06 bits per heavy atom. The van der Waals surface area contributed by atoms with E-state index in [2.05, 4.69) is 6.92 Å². The summed E-state index contributed by atoms with van der Waals surface area (Å²) in [7, 11) is 0. The molecular weight excluding hydrogens is 226 g/mol. The predicted octanol–water partition coefficient (Wildman–Crippen LogP) is 2.88. The van der Waals surface area contributed by atoms with Crippen molar-refractivity contribution in [1.82, 2.24) is 0 Å². The molecule has 0 saturated carbocycles. The number of rotatable bonds is 7. The fraction of sp³-hybridized carbons (Fsp3) is 0.600. The van der Waals surface area contributed by atoms with Crippen molar-refractivity contribution in [1.29, 1.82) is 0 Å². The lowest BCUT2D eigenvalue weighted by Crippen LogP contribution is -2.22. The molecule has 0 aliphatic rings. The Kier molecular flexibility index (Phi) is 6.16. The molecule has 3 nitrogen and oxygen atoms in total. The van der Waals surface area contributed by atoms with Gasteiger partial charge in [-0.3, -0.25) is 0 Å². The summed E-state index contributed by atoms with van der Waals surface area (Å²) in [5.41, 5.74) is 6.61. The number of nitrogens with two attached hydrogens (primary N) is 1. The molecule has 0 aliphatic carbocycles. The largest absolute Gasteiger partial charge is 0.491 e. The second kappa shape index (κ2) is 7.39. The third-order valence-corrected chi connectivity index (χ3v) is 2.98. The molecule has 1 rings (SSSR count). The second-order valence-corrected chi connectivity index (χ2v) is 4.97. The van der Waals surface area contributed by atoms with Crippen molar-refractivity contribution in [3.8, 4) is 5.75 Å². The number of aliphatic hydroxyl groups excluding tert-OH is 1. The van der Waals surface area contributed by atoms with Gasteiger partial charge in [-0.05, 0) is 44.5 Å². The lowest BCUT2D eigenvalue weighted by Gasteiger charge is -2.22. The normalized spacial score (nSPS) is 14.6. The molecule has 1 aromatic rings. The molecule has 0 saturated heterocycles. The van der Waals surface area contributed by atoms with Crippen molar-refractivity contribution >= 4 is 0 Å². The van der Waals surface area contributed by atoms with E-state index >= 15 is 0 Å². The summed E-state index contributed by atoms with van der Waals surface area (Å²) < 4.78 is 5.64. The topological polar surface area (TPSA) is 55.5 Å². The molecule has 1 aromatic carbocycles. The van der Waals surface area contributed by atoms with Crippen molar-refractivity contribution in [3.63, 3.8) is 0 Å². The van der Waals surface area contributed by atoms with Crippen LogP contribution >= 0.6 is 0 Å². The summed E-state index contributed by atoms with van der Waals surface area (Å²) in [4.78, 5) is 0. The maximum atomic E-state index is 10.3. The molecule has 2 atom stereocenters. The van der Waals surface area contributed by atoms with E-state index in [4.69, 9.17) is 10.5 Å². The molecule has 3 heteroatoms. The summed E-state index contributed by atoms with van der Waals surface area (Å²) in [6.45, 7) is 6.59. The predicted molar refractivity (Wildman–Crippen MR) is 74.6 cm³/mol. The third kappa shape index (κ3) is 4.31. The van der Waals surface area contributed by atoms with Crippen LogP contribution in [-0.2, 0) is 0 Å². The molecule has 3 N–H and O–H groups in total. The summed E-state index contributed by atoms with van der Waals surface area (Å²) in [6.07, 6.45) is 1.60. The van der Waals surface area contributed by atoms with E-state index < -0.39 is 6.10 Å². The van der Waals surface area contributed by atoms with E-state index in [0.29, 0.717) is 6.54 Å². The monoisotopic (exact) mass is 251 g/mol. The maximum absolute atomic E-state index is 10.3. The zero-order valence-electron chi connectivity index (χ0n) is 11.6. The maximum Gasteiger partial charge on any atom is 0.120 e. The average molecular weight is 251 g/mol. The van der Waals surface area contributed by atoms with Gasteiger partial charge in [0.15, 0.2) is 0 Å². The van der Waals surface area contributed by atoms with Gasteiger partial charge in [-0.15, -0.1) is 0 Å². The minimum atomic E-state index is -0.509. The Balaban J connectivity index is 2.81. The Hall–Kier alpha value is -1.06. The fourth-order valence-electron chi connectivity index (χ4n) is 2.09. The SMILES string of the molecule is CCCC(CN)C(O)c1cccc(OC(C)C)c1. The zero-order valence-corrected chi connectivity index (χ0v) is 11.6. The van der Waals surface area contributed by atoms with Gasteiger partial charge in [0.2, 0.25) is 0 Å². The lowest BCUT2D eigenvalue weighted by atomic mass is 9.92. The Morgan fingerprint density at radius 1 is 1.33 bits per heavy atom. The molecule has 0 spiro atoms. The highest BCUT2D eigenvalue weighted by molar-refractivity contribution is 5.30. The van der Waals surface area contributed by atoms with E-state index in [1.165, 1.54) is 0 Å². The number of hydrogen-bond donors (Lipinski definition) is 2. The van der Waals surface area contributed by atoms with Crippen LogP contribution in [0.2, 0.25) is 0 Å². The first-order chi connectivity index (χ1) is 8.58. The van der Waals surface area contributed by atoms with Gasteiger partial charge in [0.1, 0.15) is 5.75 Å². The van der Waals surface area contributed by atoms with E-state index in [0.717, 1.165) is 24.2 Å². The number of hydrogen-bond acceptors (Lipinski definition) is 3. The van der Waals surface area contributed by atoms with Crippen LogP contribution in [0.15, 0.2) is 24.3 Å². The van der Waals surface area contributed by atoms with Gasteiger partial charge in [0.05, 0.1) is 12.2 Å². The number of benzene rings is 1. The highest BCUT2D eigenvalue weighted by Gasteiger charge is 2.19. The number of aliphatic hydroxyl groups is 1. The quantitative estimate of drug-likeness (QED) is 0.783. The first-order valence-electron chi connectivity index (χ1n) is 6.73. The molecule has 0 amide bonds. The van der Waals surface area contributed by atoms with Crippen LogP contribution in [0, 0.1) is 5.92 Å². The standard InChI is InChI=1S/C15H25NO2/c1-4-6-13(10-16)15(17)12-7-5-8-14(9-12)18-11(2)3/h5,7-9,11,13,15,17H,4,6,10,16H2,1-3H3. The summed E-state index contributed by atoms with van der Waals surface area (Å²) in [6, 6.07) is 7.66. The van der Waals surface area contributed by atoms with Crippen LogP contribution in [-0.4, -0.2) is 17.8 Å². The van der Waals surface area contributed by atoms with Gasteiger partial charge in [-0.1, -0.05) is 25.5 Å². The molecule has 0 bridgehead atoms. The molecular formula is C15H25NO2. The molecule has 0 heterocycles. The molecule has 0 radical (unpaired) electrons. The van der Waals surface area contributed by atoms with Gasteiger partial charge in [-0.2, -0.15) is 0 Å². The highest BCUT2D eigenvalue weighted by Crippen LogP contribution is 2.27. The molecule has 0 aromatic heterocycles. The van der Waals surface area contributed by atoms with Crippen LogP contribution in [0.25, 0.3) is 0 Å². The van der Waals surface area contributed by atoms with E-state index in [1.54, 1.807) is 0 Å². The molecule has 0 aliphatic heterocycles. The summed E-state index contributed by atoms with van der Waals surface area (Å²) >= 11 is 0. The van der Waals surface area contributed by atoms with Gasteiger partial charge >= 0.3 is 0 Å². The van der Waals surface area contributed by atoms with Crippen LogP contribution < -0.4 is 10.5 Å². The second-order valence-electron chi connectivity index (χ2n) is 4.97. The van der Waals surface area contributed by atoms with Gasteiger partial charge in [-0.25, -0.2) is 0 Å². The van der Waals surface area contributed by atoms with Crippen LogP contribution in [0.1, 0.15) is 45.3 Å². The fourth-order valence-corrected chi connectivity index (χ4v) is 2.09. The average Bonchev–Trinajstić information content (AvgIpc) is 2.34. The first-order valence-corrected chi connectivity index (χ1v) is 6.73. The van der Waals surface area contributed by atoms with Gasteiger partial charge in [0, 0.05) is 5.92 Å². The van der Waals surface area contributed by atoms with Crippen molar-refractivity contribution < 1.29 is 9.84 Å². The van der Waals surface area contributed by atoms with Crippen molar-refractivity contribution in [2.24, 2.45) is 11.7 Å². The lowest BCUT2D eigenvalue weighted by molar-refractivity contribution is 0.106. The first kappa shape index (κ1) is 15.0. The van der Waals surface area contributed by atoms with E-state index in [-0.39, 0.29) is 12.0 Å². The summed E-state index contributed by atoms with van der Waals surface area (Å²) in [5.74, 6) is 0.915. The van der Waals surface area contributed by atoms with Crippen molar-refractivity contribution in [2.45, 2.75) is 45.8 Å². The van der Waals surface area contributed by atoms with E-state index in [1.807, 2.05) is 38.1 Å². The molecule has 0 fully saturated rings. The zero-order chi connectivity index (χ0) is 13.5. The molecule has 102 valence electrons. The third-order valence-electron chi connectivity index (χ3n) is 2.98. The number of ether oxygens (including phenoxy) is 1. The van der Waals surface area contributed by atoms with Gasteiger partial charge < -0.3 is 15.6 Å². The van der Waals surface area contributed by atoms with E-state index in [9.17, 15) is 5.11 Å². The van der Waals surface area contributed by atoms with Crippen molar-refractivity contribution in [2.75, 3.05) is 6.54 Å². The van der Waals surface area contributed by atoms with Gasteiger partial charge in [0.25, 0.3) is 0 Å². The van der Waals surface area contributed by atoms with Crippen LogP contribution in [0.3, 0.4) is 0 Å². The Morgan fingerprint density at radius 3 is 2.61 bits per heavy atom. The molecule has 2 unspecified atom stereocenters. The minimum Gasteiger partial charge on any atom is -0.491 e. The Bertz CT molecular complexity index is 352. The van der Waals surface area contributed by atoms with Crippen molar-refractivity contribution in [3.05, 3.63) is 29.8 Å². The smallest absolute Gasteiger partial charge is 0.120 e. The van der Waals surface area contributed by atoms with Crippen LogP contribution in [0.5, 0.6) is 5.75 Å². The minimum absolute atomic E-state index is 0.115. The summed E-state index contributed by atoms with van der Waals surface area (Å²) in [5, 5.41) is 10.3.